The fraction of sp³-hybridized carbons (Fsp3) is 0.154. The first kappa shape index (κ1) is 11.9. The van der Waals surface area contributed by atoms with Gasteiger partial charge >= 0.3 is 0 Å². The lowest BCUT2D eigenvalue weighted by Crippen LogP contribution is -2.10. The summed E-state index contributed by atoms with van der Waals surface area (Å²) in [7, 11) is 0. The molecule has 0 aliphatic rings. The lowest BCUT2D eigenvalue weighted by atomic mass is 10.2. The van der Waals surface area contributed by atoms with E-state index in [0.29, 0.717) is 0 Å². The van der Waals surface area contributed by atoms with Crippen molar-refractivity contribution in [1.82, 2.24) is 19.7 Å². The minimum atomic E-state index is 0.129. The van der Waals surface area contributed by atoms with E-state index in [1.165, 1.54) is 0 Å². The molecule has 0 aromatic carbocycles. The molecule has 0 bridgehead atoms. The Morgan fingerprint density at radius 1 is 1.26 bits per heavy atom. The number of anilines is 1. The van der Waals surface area contributed by atoms with E-state index in [0.717, 1.165) is 17.2 Å². The van der Waals surface area contributed by atoms with Crippen LogP contribution in [0.1, 0.15) is 18.7 Å². The van der Waals surface area contributed by atoms with Gasteiger partial charge in [-0.2, -0.15) is 5.10 Å². The second-order valence-electron chi connectivity index (χ2n) is 4.10. The maximum absolute atomic E-state index is 4.38. The monoisotopic (exact) mass is 271 g/mol. The predicted molar refractivity (Wildman–Crippen MR) is 75.5 cm³/mol. The van der Waals surface area contributed by atoms with Gasteiger partial charge in [-0.25, -0.2) is 14.6 Å². The van der Waals surface area contributed by atoms with Gasteiger partial charge in [0.2, 0.25) is 0 Å². The van der Waals surface area contributed by atoms with Crippen LogP contribution in [0.2, 0.25) is 0 Å². The Balaban J connectivity index is 1.89. The summed E-state index contributed by atoms with van der Waals surface area (Å²) >= 11 is 1.60. The number of nitrogens with one attached hydrogen (secondary N) is 1. The van der Waals surface area contributed by atoms with Crippen molar-refractivity contribution >= 4 is 17.0 Å². The number of hydrogen-bond acceptors (Lipinski definition) is 5. The zero-order valence-corrected chi connectivity index (χ0v) is 11.2. The zero-order valence-electron chi connectivity index (χ0n) is 10.4. The molecule has 0 saturated carbocycles. The van der Waals surface area contributed by atoms with E-state index in [2.05, 4.69) is 27.3 Å². The van der Waals surface area contributed by atoms with E-state index in [9.17, 15) is 0 Å². The number of aromatic nitrogens is 4. The van der Waals surface area contributed by atoms with Crippen molar-refractivity contribution < 1.29 is 0 Å². The molecule has 3 aromatic heterocycles. The Hall–Kier alpha value is -2.21. The van der Waals surface area contributed by atoms with Crippen molar-refractivity contribution in [2.45, 2.75) is 13.0 Å². The first-order valence-electron chi connectivity index (χ1n) is 5.94. The quantitative estimate of drug-likeness (QED) is 0.792. The second-order valence-corrected chi connectivity index (χ2v) is 4.82. The summed E-state index contributed by atoms with van der Waals surface area (Å²) < 4.78 is 1.75. The van der Waals surface area contributed by atoms with Gasteiger partial charge in [-0.3, -0.25) is 0 Å². The summed E-state index contributed by atoms with van der Waals surface area (Å²) in [6.45, 7) is 2.08. The third-order valence-corrected chi connectivity index (χ3v) is 3.38. The standard InChI is InChI=1S/C13H13N5S/c1-10(12-8-19-9-15-12)17-11-4-2-5-14-13(11)18-7-3-6-16-18/h2-10,17H,1H3. The summed E-state index contributed by atoms with van der Waals surface area (Å²) in [4.78, 5) is 8.69. The summed E-state index contributed by atoms with van der Waals surface area (Å²) in [5.41, 5.74) is 3.80. The third kappa shape index (κ3) is 2.48. The maximum Gasteiger partial charge on any atom is 0.176 e. The smallest absolute Gasteiger partial charge is 0.176 e. The second kappa shape index (κ2) is 5.19. The van der Waals surface area contributed by atoms with E-state index in [4.69, 9.17) is 0 Å². The highest BCUT2D eigenvalue weighted by atomic mass is 32.1. The van der Waals surface area contributed by atoms with Crippen LogP contribution in [-0.2, 0) is 0 Å². The van der Waals surface area contributed by atoms with Gasteiger partial charge in [0.25, 0.3) is 0 Å². The molecule has 96 valence electrons. The molecule has 0 aliphatic heterocycles. The Morgan fingerprint density at radius 3 is 2.95 bits per heavy atom. The number of nitrogens with zero attached hydrogens (tertiary/aromatic N) is 4. The van der Waals surface area contributed by atoms with Gasteiger partial charge in [0.15, 0.2) is 5.82 Å². The molecule has 1 unspecified atom stereocenters. The van der Waals surface area contributed by atoms with Gasteiger partial charge in [-0.05, 0) is 25.1 Å². The summed E-state index contributed by atoms with van der Waals surface area (Å²) in [6.07, 6.45) is 5.37. The van der Waals surface area contributed by atoms with Gasteiger partial charge in [-0.1, -0.05) is 0 Å². The van der Waals surface area contributed by atoms with Crippen LogP contribution in [0.3, 0.4) is 0 Å². The average Bonchev–Trinajstić information content (AvgIpc) is 3.13. The molecule has 0 spiro atoms. The van der Waals surface area contributed by atoms with Crippen LogP contribution in [0.25, 0.3) is 5.82 Å². The molecule has 3 rings (SSSR count). The SMILES string of the molecule is CC(Nc1cccnc1-n1cccn1)c1cscn1. The van der Waals surface area contributed by atoms with Crippen LogP contribution in [0, 0.1) is 0 Å². The number of rotatable bonds is 4. The van der Waals surface area contributed by atoms with Gasteiger partial charge in [0.05, 0.1) is 22.9 Å². The highest BCUT2D eigenvalue weighted by Crippen LogP contribution is 2.22. The summed E-state index contributed by atoms with van der Waals surface area (Å²) in [5, 5.41) is 9.68. The lowest BCUT2D eigenvalue weighted by Gasteiger charge is -2.15. The Kier molecular flexibility index (Phi) is 3.24. The van der Waals surface area contributed by atoms with E-state index in [1.807, 2.05) is 35.3 Å². The molecular weight excluding hydrogens is 258 g/mol. The van der Waals surface area contributed by atoms with Gasteiger partial charge in [0.1, 0.15) is 0 Å². The molecule has 3 heterocycles. The first-order chi connectivity index (χ1) is 9.34. The first-order valence-corrected chi connectivity index (χ1v) is 6.88. The zero-order chi connectivity index (χ0) is 13.1. The van der Waals surface area contributed by atoms with Crippen molar-refractivity contribution in [2.24, 2.45) is 0 Å². The minimum absolute atomic E-state index is 0.129. The van der Waals surface area contributed by atoms with Gasteiger partial charge < -0.3 is 5.32 Å². The average molecular weight is 271 g/mol. The van der Waals surface area contributed by atoms with Gasteiger partial charge in [-0.15, -0.1) is 11.3 Å². The van der Waals surface area contributed by atoms with Crippen LogP contribution < -0.4 is 5.32 Å². The molecule has 0 amide bonds. The van der Waals surface area contributed by atoms with Crippen molar-refractivity contribution in [3.05, 3.63) is 53.4 Å². The maximum atomic E-state index is 4.38. The largest absolute Gasteiger partial charge is 0.374 e. The normalized spacial score (nSPS) is 12.3. The third-order valence-electron chi connectivity index (χ3n) is 2.78. The van der Waals surface area contributed by atoms with Crippen molar-refractivity contribution in [2.75, 3.05) is 5.32 Å². The van der Waals surface area contributed by atoms with E-state index in [-0.39, 0.29) is 6.04 Å². The fourth-order valence-corrected chi connectivity index (χ4v) is 2.48. The Labute approximate surface area is 115 Å². The molecule has 0 aliphatic carbocycles. The predicted octanol–water partition coefficient (Wildman–Crippen LogP) is 2.90. The molecule has 0 radical (unpaired) electrons. The van der Waals surface area contributed by atoms with Crippen LogP contribution in [0.4, 0.5) is 5.69 Å². The molecule has 19 heavy (non-hydrogen) atoms. The minimum Gasteiger partial charge on any atom is -0.374 e. The van der Waals surface area contributed by atoms with Crippen LogP contribution >= 0.6 is 11.3 Å². The summed E-state index contributed by atoms with van der Waals surface area (Å²) in [5.74, 6) is 0.787. The highest BCUT2D eigenvalue weighted by Gasteiger charge is 2.11. The molecule has 1 N–H and O–H groups in total. The van der Waals surface area contributed by atoms with Crippen molar-refractivity contribution in [3.63, 3.8) is 0 Å². The lowest BCUT2D eigenvalue weighted by molar-refractivity contribution is 0.818. The molecular formula is C13H13N5S. The molecule has 3 aromatic rings. The van der Waals surface area contributed by atoms with Crippen molar-refractivity contribution in [3.8, 4) is 5.82 Å². The number of hydrogen-bond donors (Lipinski definition) is 1. The number of thiazole rings is 1. The molecule has 0 saturated heterocycles. The van der Waals surface area contributed by atoms with Crippen LogP contribution in [0.5, 0.6) is 0 Å². The van der Waals surface area contributed by atoms with E-state index >= 15 is 0 Å². The molecule has 0 fully saturated rings. The molecule has 6 heteroatoms. The highest BCUT2D eigenvalue weighted by molar-refractivity contribution is 7.07. The molecule has 5 nitrogen and oxygen atoms in total. The van der Waals surface area contributed by atoms with Crippen LogP contribution in [0.15, 0.2) is 47.7 Å². The number of pyridine rings is 1. The van der Waals surface area contributed by atoms with Crippen LogP contribution in [-0.4, -0.2) is 19.7 Å². The van der Waals surface area contributed by atoms with E-state index < -0.39 is 0 Å². The summed E-state index contributed by atoms with van der Waals surface area (Å²) in [6, 6.07) is 5.91. The van der Waals surface area contributed by atoms with Gasteiger partial charge in [0, 0.05) is 24.0 Å². The fourth-order valence-electron chi connectivity index (χ4n) is 1.83. The molecule has 1 atom stereocenters. The van der Waals surface area contributed by atoms with E-state index in [1.54, 1.807) is 28.4 Å². The topological polar surface area (TPSA) is 55.6 Å². The Bertz CT molecular complexity index is 633. The Morgan fingerprint density at radius 2 is 2.21 bits per heavy atom. The van der Waals surface area contributed by atoms with Crippen molar-refractivity contribution in [1.29, 1.82) is 0 Å².